The molecule has 0 fully saturated rings. The predicted molar refractivity (Wildman–Crippen MR) is 98.0 cm³/mol. The van der Waals surface area contributed by atoms with Crippen molar-refractivity contribution in [2.75, 3.05) is 12.4 Å². The standard InChI is InChI=1S/C19H20N4O3/c1-3-17-22-18(23-26-17)13-8-10-15(11-9-13)21-19(24)20-12-14-6-4-5-7-16(14)25-2/h4-11H,3,12H2,1-2H3,(H2,20,21,24). The monoisotopic (exact) mass is 352 g/mol. The van der Waals surface area contributed by atoms with Gasteiger partial charge >= 0.3 is 6.03 Å². The number of nitrogens with one attached hydrogen (secondary N) is 2. The molecule has 0 bridgehead atoms. The van der Waals surface area contributed by atoms with E-state index in [1.54, 1.807) is 19.2 Å². The highest BCUT2D eigenvalue weighted by molar-refractivity contribution is 5.89. The molecular weight excluding hydrogens is 332 g/mol. The van der Waals surface area contributed by atoms with E-state index < -0.39 is 0 Å². The first-order valence-electron chi connectivity index (χ1n) is 8.29. The van der Waals surface area contributed by atoms with E-state index in [0.29, 0.717) is 30.4 Å². The molecular formula is C19H20N4O3. The number of hydrogen-bond donors (Lipinski definition) is 2. The Morgan fingerprint density at radius 1 is 1.15 bits per heavy atom. The van der Waals surface area contributed by atoms with Crippen molar-refractivity contribution in [2.24, 2.45) is 0 Å². The van der Waals surface area contributed by atoms with E-state index in [0.717, 1.165) is 16.9 Å². The Hall–Kier alpha value is -3.35. The van der Waals surface area contributed by atoms with Gasteiger partial charge in [0.1, 0.15) is 5.75 Å². The fraction of sp³-hybridized carbons (Fsp3) is 0.211. The third-order valence-electron chi connectivity index (χ3n) is 3.80. The summed E-state index contributed by atoms with van der Waals surface area (Å²) in [6, 6.07) is 14.5. The SMILES string of the molecule is CCc1nc(-c2ccc(NC(=O)NCc3ccccc3OC)cc2)no1. The van der Waals surface area contributed by atoms with Crippen LogP contribution < -0.4 is 15.4 Å². The number of methoxy groups -OCH3 is 1. The summed E-state index contributed by atoms with van der Waals surface area (Å²) in [5.41, 5.74) is 2.41. The Labute approximate surface area is 151 Å². The number of aromatic nitrogens is 2. The Bertz CT molecular complexity index is 875. The maximum atomic E-state index is 12.1. The minimum atomic E-state index is -0.295. The lowest BCUT2D eigenvalue weighted by atomic mass is 10.2. The van der Waals surface area contributed by atoms with Crippen LogP contribution in [0.15, 0.2) is 53.1 Å². The summed E-state index contributed by atoms with van der Waals surface area (Å²) in [4.78, 5) is 16.4. The van der Waals surface area contributed by atoms with Gasteiger partial charge in [0, 0.05) is 29.8 Å². The van der Waals surface area contributed by atoms with Crippen LogP contribution in [0.3, 0.4) is 0 Å². The van der Waals surface area contributed by atoms with Crippen molar-refractivity contribution < 1.29 is 14.1 Å². The molecule has 2 aromatic carbocycles. The van der Waals surface area contributed by atoms with Gasteiger partial charge in [-0.05, 0) is 30.3 Å². The molecule has 3 aromatic rings. The zero-order valence-electron chi connectivity index (χ0n) is 14.7. The predicted octanol–water partition coefficient (Wildman–Crippen LogP) is 3.63. The Morgan fingerprint density at radius 2 is 1.92 bits per heavy atom. The van der Waals surface area contributed by atoms with Gasteiger partial charge in [-0.25, -0.2) is 4.79 Å². The van der Waals surface area contributed by atoms with Crippen LogP contribution >= 0.6 is 0 Å². The molecule has 26 heavy (non-hydrogen) atoms. The van der Waals surface area contributed by atoms with Crippen molar-refractivity contribution in [3.05, 3.63) is 60.0 Å². The summed E-state index contributed by atoms with van der Waals surface area (Å²) >= 11 is 0. The van der Waals surface area contributed by atoms with Crippen LogP contribution in [0.25, 0.3) is 11.4 Å². The second-order valence-electron chi connectivity index (χ2n) is 5.56. The maximum Gasteiger partial charge on any atom is 0.319 e. The quantitative estimate of drug-likeness (QED) is 0.707. The first-order chi connectivity index (χ1) is 12.7. The molecule has 7 nitrogen and oxygen atoms in total. The van der Waals surface area contributed by atoms with E-state index in [2.05, 4.69) is 20.8 Å². The van der Waals surface area contributed by atoms with Crippen LogP contribution in [0.2, 0.25) is 0 Å². The number of carbonyl (C=O) groups excluding carboxylic acids is 1. The topological polar surface area (TPSA) is 89.3 Å². The van der Waals surface area contributed by atoms with Crippen molar-refractivity contribution in [1.29, 1.82) is 0 Å². The van der Waals surface area contributed by atoms with E-state index >= 15 is 0 Å². The highest BCUT2D eigenvalue weighted by Gasteiger charge is 2.08. The molecule has 3 rings (SSSR count). The minimum absolute atomic E-state index is 0.295. The average molecular weight is 352 g/mol. The lowest BCUT2D eigenvalue weighted by Gasteiger charge is -2.10. The molecule has 0 atom stereocenters. The molecule has 1 heterocycles. The fourth-order valence-corrected chi connectivity index (χ4v) is 2.42. The number of amides is 2. The Morgan fingerprint density at radius 3 is 2.62 bits per heavy atom. The van der Waals surface area contributed by atoms with Gasteiger partial charge in [0.25, 0.3) is 0 Å². The number of para-hydroxylation sites is 1. The van der Waals surface area contributed by atoms with E-state index in [1.165, 1.54) is 0 Å². The third kappa shape index (κ3) is 4.18. The van der Waals surface area contributed by atoms with Crippen LogP contribution in [-0.2, 0) is 13.0 Å². The van der Waals surface area contributed by atoms with Gasteiger partial charge in [0.15, 0.2) is 0 Å². The number of nitrogens with zero attached hydrogens (tertiary/aromatic N) is 2. The third-order valence-corrected chi connectivity index (χ3v) is 3.80. The highest BCUT2D eigenvalue weighted by Crippen LogP contribution is 2.19. The Balaban J connectivity index is 1.57. The normalized spacial score (nSPS) is 10.4. The Kier molecular flexibility index (Phi) is 5.48. The van der Waals surface area contributed by atoms with Gasteiger partial charge in [-0.3, -0.25) is 0 Å². The molecule has 1 aromatic heterocycles. The number of aryl methyl sites for hydroxylation is 1. The molecule has 0 saturated heterocycles. The first-order valence-corrected chi connectivity index (χ1v) is 8.29. The van der Waals surface area contributed by atoms with E-state index in [-0.39, 0.29) is 6.03 Å². The second-order valence-corrected chi connectivity index (χ2v) is 5.56. The number of carbonyl (C=O) groups is 1. The van der Waals surface area contributed by atoms with Gasteiger partial charge in [0.05, 0.1) is 7.11 Å². The summed E-state index contributed by atoms with van der Waals surface area (Å²) in [7, 11) is 1.60. The largest absolute Gasteiger partial charge is 0.496 e. The summed E-state index contributed by atoms with van der Waals surface area (Å²) in [6.45, 7) is 2.32. The highest BCUT2D eigenvalue weighted by atomic mass is 16.5. The van der Waals surface area contributed by atoms with Gasteiger partial charge in [-0.15, -0.1) is 0 Å². The van der Waals surface area contributed by atoms with Crippen molar-refractivity contribution in [3.8, 4) is 17.1 Å². The summed E-state index contributed by atoms with van der Waals surface area (Å²) in [6.07, 6.45) is 0.693. The average Bonchev–Trinajstić information content (AvgIpc) is 3.16. The van der Waals surface area contributed by atoms with Crippen molar-refractivity contribution in [2.45, 2.75) is 19.9 Å². The number of benzene rings is 2. The molecule has 7 heteroatoms. The van der Waals surface area contributed by atoms with Crippen molar-refractivity contribution in [3.63, 3.8) is 0 Å². The van der Waals surface area contributed by atoms with Gasteiger partial charge in [0.2, 0.25) is 11.7 Å². The van der Waals surface area contributed by atoms with E-state index in [4.69, 9.17) is 9.26 Å². The minimum Gasteiger partial charge on any atom is -0.496 e. The molecule has 0 unspecified atom stereocenters. The number of ether oxygens (including phenoxy) is 1. The summed E-state index contributed by atoms with van der Waals surface area (Å²) < 4.78 is 10.4. The van der Waals surface area contributed by atoms with Gasteiger partial charge in [-0.2, -0.15) is 4.98 Å². The van der Waals surface area contributed by atoms with Crippen molar-refractivity contribution >= 4 is 11.7 Å². The van der Waals surface area contributed by atoms with Crippen molar-refractivity contribution in [1.82, 2.24) is 15.5 Å². The van der Waals surface area contributed by atoms with E-state index in [9.17, 15) is 4.79 Å². The van der Waals surface area contributed by atoms with Gasteiger partial charge in [-0.1, -0.05) is 30.3 Å². The summed E-state index contributed by atoms with van der Waals surface area (Å²) in [5, 5.41) is 9.53. The van der Waals surface area contributed by atoms with Crippen LogP contribution in [-0.4, -0.2) is 23.3 Å². The molecule has 0 radical (unpaired) electrons. The van der Waals surface area contributed by atoms with Crippen LogP contribution in [0.1, 0.15) is 18.4 Å². The smallest absolute Gasteiger partial charge is 0.319 e. The van der Waals surface area contributed by atoms with Gasteiger partial charge < -0.3 is 19.9 Å². The maximum absolute atomic E-state index is 12.1. The zero-order chi connectivity index (χ0) is 18.4. The lowest BCUT2D eigenvalue weighted by Crippen LogP contribution is -2.28. The number of anilines is 1. The van der Waals surface area contributed by atoms with Crippen LogP contribution in [0.4, 0.5) is 10.5 Å². The van der Waals surface area contributed by atoms with Crippen LogP contribution in [0, 0.1) is 0 Å². The number of urea groups is 1. The van der Waals surface area contributed by atoms with Crippen LogP contribution in [0.5, 0.6) is 5.75 Å². The first kappa shape index (κ1) is 17.5. The summed E-state index contributed by atoms with van der Waals surface area (Å²) in [5.74, 6) is 1.87. The van der Waals surface area contributed by atoms with E-state index in [1.807, 2.05) is 43.3 Å². The molecule has 2 amide bonds. The second kappa shape index (κ2) is 8.15. The molecule has 0 spiro atoms. The molecule has 0 aliphatic rings. The molecule has 134 valence electrons. The molecule has 0 aliphatic heterocycles. The zero-order valence-corrected chi connectivity index (χ0v) is 14.7. The fourth-order valence-electron chi connectivity index (χ4n) is 2.42. The molecule has 2 N–H and O–H groups in total. The number of rotatable bonds is 6. The molecule has 0 aliphatic carbocycles. The molecule has 0 saturated carbocycles. The number of hydrogen-bond acceptors (Lipinski definition) is 5. The lowest BCUT2D eigenvalue weighted by molar-refractivity contribution is 0.251.